The van der Waals surface area contributed by atoms with Gasteiger partial charge in [0.05, 0.1) is 0 Å². The van der Waals surface area contributed by atoms with Gasteiger partial charge in [0.2, 0.25) is 0 Å². The Balaban J connectivity index is 2.63. The third-order valence-corrected chi connectivity index (χ3v) is 2.88. The molecule has 0 unspecified atom stereocenters. The van der Waals surface area contributed by atoms with Crippen molar-refractivity contribution >= 4 is 29.3 Å². The third kappa shape index (κ3) is 4.34. The molecule has 0 saturated heterocycles. The van der Waals surface area contributed by atoms with Crippen LogP contribution in [0.25, 0.3) is 0 Å². The van der Waals surface area contributed by atoms with Crippen molar-refractivity contribution < 1.29 is 23.5 Å². The van der Waals surface area contributed by atoms with E-state index in [-0.39, 0.29) is 30.0 Å². The maximum Gasteiger partial charge on any atom is 0.319 e. The molecule has 2 amide bonds. The molecule has 20 heavy (non-hydrogen) atoms. The summed E-state index contributed by atoms with van der Waals surface area (Å²) in [6.07, 6.45) is 0.108. The Labute approximate surface area is 118 Å². The minimum Gasteiger partial charge on any atom is -0.481 e. The average molecular weight is 307 g/mol. The fraction of sp³-hybridized carbons (Fsp3) is 0.333. The van der Waals surface area contributed by atoms with Crippen LogP contribution in [0.3, 0.4) is 0 Å². The molecule has 0 aliphatic carbocycles. The first-order valence-electron chi connectivity index (χ1n) is 5.73. The monoisotopic (exact) mass is 306 g/mol. The maximum atomic E-state index is 13.7. The Bertz CT molecular complexity index is 538. The number of aliphatic carboxylic acids is 1. The molecule has 0 bridgehead atoms. The molecule has 0 aliphatic rings. The van der Waals surface area contributed by atoms with E-state index in [0.29, 0.717) is 0 Å². The van der Waals surface area contributed by atoms with Crippen molar-refractivity contribution in [3.8, 4) is 0 Å². The number of halogens is 3. The molecule has 5 nitrogen and oxygen atoms in total. The zero-order chi connectivity index (χ0) is 15.3. The summed E-state index contributed by atoms with van der Waals surface area (Å²) in [5.74, 6) is -2.92. The summed E-state index contributed by atoms with van der Waals surface area (Å²) in [4.78, 5) is 21.7. The number of carbonyl (C=O) groups is 2. The molecule has 0 aromatic heterocycles. The van der Waals surface area contributed by atoms with Gasteiger partial charge < -0.3 is 15.7 Å². The molecule has 0 fully saturated rings. The van der Waals surface area contributed by atoms with Crippen LogP contribution in [0.1, 0.15) is 18.4 Å². The van der Waals surface area contributed by atoms with E-state index in [1.165, 1.54) is 6.92 Å². The topological polar surface area (TPSA) is 78.4 Å². The fourth-order valence-electron chi connectivity index (χ4n) is 1.40. The average Bonchev–Trinajstić information content (AvgIpc) is 2.37. The summed E-state index contributed by atoms with van der Waals surface area (Å²) in [5.41, 5.74) is -0.572. The normalized spacial score (nSPS) is 10.2. The molecular formula is C12H13ClF2N2O3. The van der Waals surface area contributed by atoms with Crippen LogP contribution in [0.5, 0.6) is 0 Å². The van der Waals surface area contributed by atoms with E-state index in [9.17, 15) is 18.4 Å². The van der Waals surface area contributed by atoms with Crippen LogP contribution in [0, 0.1) is 18.6 Å². The van der Waals surface area contributed by atoms with E-state index >= 15 is 0 Å². The number of hydrogen-bond donors (Lipinski definition) is 3. The van der Waals surface area contributed by atoms with E-state index in [1.54, 1.807) is 0 Å². The van der Waals surface area contributed by atoms with Crippen LogP contribution in [0.15, 0.2) is 6.07 Å². The molecular weight excluding hydrogens is 294 g/mol. The van der Waals surface area contributed by atoms with Crippen LogP contribution in [-0.4, -0.2) is 23.7 Å². The summed E-state index contributed by atoms with van der Waals surface area (Å²) < 4.78 is 27.2. The van der Waals surface area contributed by atoms with E-state index in [0.717, 1.165) is 6.07 Å². The summed E-state index contributed by atoms with van der Waals surface area (Å²) in [6.45, 7) is 1.43. The van der Waals surface area contributed by atoms with Crippen molar-refractivity contribution in [2.75, 3.05) is 11.9 Å². The summed E-state index contributed by atoms with van der Waals surface area (Å²) in [7, 11) is 0. The number of anilines is 1. The first kappa shape index (κ1) is 16.2. The van der Waals surface area contributed by atoms with Crippen LogP contribution in [-0.2, 0) is 4.79 Å². The van der Waals surface area contributed by atoms with Gasteiger partial charge in [0.25, 0.3) is 0 Å². The van der Waals surface area contributed by atoms with Gasteiger partial charge in [-0.1, -0.05) is 11.6 Å². The Morgan fingerprint density at radius 3 is 2.65 bits per heavy atom. The second-order valence-corrected chi connectivity index (χ2v) is 4.44. The smallest absolute Gasteiger partial charge is 0.319 e. The number of nitrogens with one attached hydrogen (secondary N) is 2. The van der Waals surface area contributed by atoms with Crippen LogP contribution >= 0.6 is 11.6 Å². The predicted molar refractivity (Wildman–Crippen MR) is 70.0 cm³/mol. The lowest BCUT2D eigenvalue weighted by Gasteiger charge is -2.11. The molecule has 0 atom stereocenters. The Morgan fingerprint density at radius 2 is 2.05 bits per heavy atom. The minimum absolute atomic E-state index is 0.0224. The molecule has 110 valence electrons. The summed E-state index contributed by atoms with van der Waals surface area (Å²) in [5, 5.41) is 12.7. The first-order chi connectivity index (χ1) is 9.32. The zero-order valence-corrected chi connectivity index (χ0v) is 11.4. The lowest BCUT2D eigenvalue weighted by atomic mass is 10.2. The van der Waals surface area contributed by atoms with Gasteiger partial charge in [-0.3, -0.25) is 4.79 Å². The molecule has 0 heterocycles. The van der Waals surface area contributed by atoms with E-state index in [1.807, 2.05) is 5.32 Å². The third-order valence-electron chi connectivity index (χ3n) is 2.49. The number of benzene rings is 1. The molecule has 3 N–H and O–H groups in total. The van der Waals surface area contributed by atoms with Crippen LogP contribution < -0.4 is 10.6 Å². The molecule has 8 heteroatoms. The lowest BCUT2D eigenvalue weighted by molar-refractivity contribution is -0.137. The molecule has 1 aromatic rings. The Kier molecular flexibility index (Phi) is 5.69. The predicted octanol–water partition coefficient (Wildman–Crippen LogP) is 2.91. The van der Waals surface area contributed by atoms with Gasteiger partial charge in [0.1, 0.15) is 5.69 Å². The van der Waals surface area contributed by atoms with Crippen LogP contribution in [0.2, 0.25) is 5.02 Å². The highest BCUT2D eigenvalue weighted by Crippen LogP contribution is 2.27. The molecule has 0 aliphatic heterocycles. The number of carboxylic acids is 1. The standard InChI is InChI=1S/C12H13ClF2N2O3/c1-6-7(13)5-8(14)11(10(6)15)17-12(20)16-4-2-3-9(18)19/h5H,2-4H2,1H3,(H,18,19)(H2,16,17,20). The highest BCUT2D eigenvalue weighted by atomic mass is 35.5. The molecule has 0 saturated carbocycles. The van der Waals surface area contributed by atoms with Crippen molar-refractivity contribution in [2.24, 2.45) is 0 Å². The highest BCUT2D eigenvalue weighted by molar-refractivity contribution is 6.31. The first-order valence-corrected chi connectivity index (χ1v) is 6.11. The van der Waals surface area contributed by atoms with E-state index < -0.39 is 29.3 Å². The second kappa shape index (κ2) is 7.04. The van der Waals surface area contributed by atoms with E-state index in [2.05, 4.69) is 5.32 Å². The van der Waals surface area contributed by atoms with Crippen molar-refractivity contribution in [1.82, 2.24) is 5.32 Å². The largest absolute Gasteiger partial charge is 0.481 e. The van der Waals surface area contributed by atoms with Gasteiger partial charge in [-0.05, 0) is 19.4 Å². The SMILES string of the molecule is Cc1c(Cl)cc(F)c(NC(=O)NCCCC(=O)O)c1F. The number of hydrogen-bond acceptors (Lipinski definition) is 2. The minimum atomic E-state index is -0.988. The lowest BCUT2D eigenvalue weighted by Crippen LogP contribution is -2.30. The van der Waals surface area contributed by atoms with Gasteiger partial charge in [-0.2, -0.15) is 0 Å². The number of carboxylic acid groups (broad SMARTS) is 1. The molecule has 1 aromatic carbocycles. The van der Waals surface area contributed by atoms with Crippen molar-refractivity contribution in [3.63, 3.8) is 0 Å². The van der Waals surface area contributed by atoms with Gasteiger partial charge in [0.15, 0.2) is 11.6 Å². The zero-order valence-electron chi connectivity index (χ0n) is 10.6. The maximum absolute atomic E-state index is 13.7. The van der Waals surface area contributed by atoms with Crippen LogP contribution in [0.4, 0.5) is 19.3 Å². The molecule has 0 spiro atoms. The quantitative estimate of drug-likeness (QED) is 0.732. The van der Waals surface area contributed by atoms with E-state index in [4.69, 9.17) is 16.7 Å². The summed E-state index contributed by atoms with van der Waals surface area (Å²) in [6, 6.07) is 0.0786. The molecule has 1 rings (SSSR count). The van der Waals surface area contributed by atoms with Gasteiger partial charge in [0, 0.05) is 23.6 Å². The van der Waals surface area contributed by atoms with Gasteiger partial charge in [-0.15, -0.1) is 0 Å². The Hall–Kier alpha value is -1.89. The number of carbonyl (C=O) groups excluding carboxylic acids is 1. The van der Waals surface area contributed by atoms with Gasteiger partial charge >= 0.3 is 12.0 Å². The highest BCUT2D eigenvalue weighted by Gasteiger charge is 2.17. The van der Waals surface area contributed by atoms with Crippen molar-refractivity contribution in [2.45, 2.75) is 19.8 Å². The number of rotatable bonds is 5. The summed E-state index contributed by atoms with van der Waals surface area (Å²) >= 11 is 5.60. The fourth-order valence-corrected chi connectivity index (χ4v) is 1.58. The molecule has 0 radical (unpaired) electrons. The second-order valence-electron chi connectivity index (χ2n) is 4.03. The van der Waals surface area contributed by atoms with Crippen molar-refractivity contribution in [3.05, 3.63) is 28.3 Å². The number of amides is 2. The number of urea groups is 1. The van der Waals surface area contributed by atoms with Gasteiger partial charge in [-0.25, -0.2) is 13.6 Å². The Morgan fingerprint density at radius 1 is 1.40 bits per heavy atom. The van der Waals surface area contributed by atoms with Crippen molar-refractivity contribution in [1.29, 1.82) is 0 Å².